The van der Waals surface area contributed by atoms with Gasteiger partial charge in [0, 0.05) is 25.4 Å². The number of hydrogen-bond donors (Lipinski definition) is 3. The molecule has 1 amide bonds. The predicted molar refractivity (Wildman–Crippen MR) is 79.8 cm³/mol. The molecule has 2 rings (SSSR count). The first-order chi connectivity index (χ1) is 9.78. The van der Waals surface area contributed by atoms with Gasteiger partial charge < -0.3 is 15.7 Å². The van der Waals surface area contributed by atoms with Gasteiger partial charge in [-0.1, -0.05) is 12.1 Å². The van der Waals surface area contributed by atoms with E-state index in [-0.39, 0.29) is 12.5 Å². The summed E-state index contributed by atoms with van der Waals surface area (Å²) in [5, 5.41) is 15.1. The summed E-state index contributed by atoms with van der Waals surface area (Å²) in [6.45, 7) is 4.46. The van der Waals surface area contributed by atoms with Crippen LogP contribution in [-0.2, 0) is 11.2 Å². The van der Waals surface area contributed by atoms with Gasteiger partial charge in [0.1, 0.15) is 0 Å². The van der Waals surface area contributed by atoms with Crippen LogP contribution < -0.4 is 10.6 Å². The van der Waals surface area contributed by atoms with E-state index < -0.39 is 0 Å². The van der Waals surface area contributed by atoms with Crippen LogP contribution in [0.3, 0.4) is 0 Å². The van der Waals surface area contributed by atoms with Crippen LogP contribution in [0, 0.1) is 0 Å². The molecule has 1 saturated heterocycles. The number of aliphatic hydroxyl groups excluding tert-OH is 1. The topological polar surface area (TPSA) is 64.6 Å². The minimum absolute atomic E-state index is 0.0295. The predicted octanol–water partition coefficient (Wildman–Crippen LogP) is 0.455. The van der Waals surface area contributed by atoms with Crippen molar-refractivity contribution < 1.29 is 9.90 Å². The van der Waals surface area contributed by atoms with Gasteiger partial charge >= 0.3 is 0 Å². The summed E-state index contributed by atoms with van der Waals surface area (Å²) in [7, 11) is 0. The highest BCUT2D eigenvalue weighted by Gasteiger charge is 2.12. The van der Waals surface area contributed by atoms with Crippen molar-refractivity contribution in [2.45, 2.75) is 12.8 Å². The van der Waals surface area contributed by atoms with Crippen molar-refractivity contribution >= 4 is 11.6 Å². The van der Waals surface area contributed by atoms with Crippen molar-refractivity contribution in [3.63, 3.8) is 0 Å². The number of carbonyl (C=O) groups excluding carboxylic acids is 1. The smallest absolute Gasteiger partial charge is 0.238 e. The molecule has 0 aromatic heterocycles. The molecular formula is C15H23N3O2. The van der Waals surface area contributed by atoms with Crippen LogP contribution in [-0.4, -0.2) is 55.2 Å². The summed E-state index contributed by atoms with van der Waals surface area (Å²) in [5.74, 6) is 0.0295. The Bertz CT molecular complexity index is 412. The molecule has 0 unspecified atom stereocenters. The number of benzene rings is 1. The molecule has 0 atom stereocenters. The molecule has 1 aliphatic heterocycles. The lowest BCUT2D eigenvalue weighted by molar-refractivity contribution is -0.117. The van der Waals surface area contributed by atoms with Gasteiger partial charge in [-0.05, 0) is 43.6 Å². The van der Waals surface area contributed by atoms with Crippen molar-refractivity contribution in [3.8, 4) is 0 Å². The summed E-state index contributed by atoms with van der Waals surface area (Å²) >= 11 is 0. The lowest BCUT2D eigenvalue weighted by atomic mass is 10.1. The zero-order valence-electron chi connectivity index (χ0n) is 11.8. The third kappa shape index (κ3) is 4.92. The quantitative estimate of drug-likeness (QED) is 0.731. The second-order valence-corrected chi connectivity index (χ2v) is 5.10. The molecule has 0 bridgehead atoms. The van der Waals surface area contributed by atoms with E-state index >= 15 is 0 Å². The van der Waals surface area contributed by atoms with Crippen LogP contribution in [0.25, 0.3) is 0 Å². The van der Waals surface area contributed by atoms with Gasteiger partial charge in [-0.2, -0.15) is 0 Å². The fraction of sp³-hybridized carbons (Fsp3) is 0.533. The monoisotopic (exact) mass is 277 g/mol. The minimum Gasteiger partial charge on any atom is -0.396 e. The summed E-state index contributed by atoms with van der Waals surface area (Å²) in [6, 6.07) is 7.63. The van der Waals surface area contributed by atoms with Gasteiger partial charge in [-0.3, -0.25) is 9.69 Å². The number of amides is 1. The lowest BCUT2D eigenvalue weighted by Gasteiger charge is -2.18. The number of anilines is 1. The fourth-order valence-electron chi connectivity index (χ4n) is 2.35. The van der Waals surface area contributed by atoms with Crippen LogP contribution in [0.2, 0.25) is 0 Å². The van der Waals surface area contributed by atoms with Crippen LogP contribution in [0.15, 0.2) is 24.3 Å². The van der Waals surface area contributed by atoms with E-state index in [0.29, 0.717) is 13.0 Å². The molecule has 0 radical (unpaired) electrons. The van der Waals surface area contributed by atoms with Crippen molar-refractivity contribution in [2.24, 2.45) is 0 Å². The molecule has 5 nitrogen and oxygen atoms in total. The van der Waals surface area contributed by atoms with E-state index in [1.807, 2.05) is 24.3 Å². The maximum atomic E-state index is 12.0. The maximum absolute atomic E-state index is 12.0. The number of nitrogens with one attached hydrogen (secondary N) is 2. The first-order valence-corrected chi connectivity index (χ1v) is 7.20. The van der Waals surface area contributed by atoms with Gasteiger partial charge in [0.2, 0.25) is 5.91 Å². The summed E-state index contributed by atoms with van der Waals surface area (Å²) < 4.78 is 0. The number of nitrogens with zero attached hydrogens (tertiary/aromatic N) is 1. The molecule has 20 heavy (non-hydrogen) atoms. The van der Waals surface area contributed by atoms with Crippen molar-refractivity contribution in [2.75, 3.05) is 44.6 Å². The molecule has 1 aromatic rings. The summed E-state index contributed by atoms with van der Waals surface area (Å²) in [5.41, 5.74) is 1.88. The molecule has 1 aromatic carbocycles. The van der Waals surface area contributed by atoms with Gasteiger partial charge in [0.15, 0.2) is 0 Å². The summed E-state index contributed by atoms with van der Waals surface area (Å²) in [4.78, 5) is 14.2. The highest BCUT2D eigenvalue weighted by molar-refractivity contribution is 5.92. The Kier molecular flexibility index (Phi) is 5.98. The zero-order valence-corrected chi connectivity index (χ0v) is 11.8. The zero-order chi connectivity index (χ0) is 14.2. The normalized spacial score (nSPS) is 16.6. The highest BCUT2D eigenvalue weighted by atomic mass is 16.3. The van der Waals surface area contributed by atoms with E-state index in [4.69, 9.17) is 5.11 Å². The average molecular weight is 277 g/mol. The lowest BCUT2D eigenvalue weighted by Crippen LogP contribution is -2.35. The molecule has 1 fully saturated rings. The van der Waals surface area contributed by atoms with E-state index in [9.17, 15) is 4.79 Å². The second-order valence-electron chi connectivity index (χ2n) is 5.10. The Morgan fingerprint density at radius 2 is 2.05 bits per heavy atom. The number of rotatable bonds is 5. The minimum atomic E-state index is 0.0295. The number of aliphatic hydroxyl groups is 1. The first kappa shape index (κ1) is 15.0. The van der Waals surface area contributed by atoms with E-state index in [0.717, 1.165) is 43.9 Å². The summed E-state index contributed by atoms with van der Waals surface area (Å²) in [6.07, 6.45) is 1.73. The third-order valence-corrected chi connectivity index (χ3v) is 3.44. The van der Waals surface area contributed by atoms with Crippen LogP contribution >= 0.6 is 0 Å². The first-order valence-electron chi connectivity index (χ1n) is 7.20. The molecule has 1 heterocycles. The Morgan fingerprint density at radius 1 is 1.25 bits per heavy atom. The highest BCUT2D eigenvalue weighted by Crippen LogP contribution is 2.10. The van der Waals surface area contributed by atoms with Gasteiger partial charge in [-0.25, -0.2) is 0 Å². The Balaban J connectivity index is 1.81. The van der Waals surface area contributed by atoms with Gasteiger partial charge in [-0.15, -0.1) is 0 Å². The number of hydrogen-bond acceptors (Lipinski definition) is 4. The molecule has 5 heteroatoms. The Hall–Kier alpha value is -1.43. The largest absolute Gasteiger partial charge is 0.396 e. The molecule has 1 aliphatic rings. The third-order valence-electron chi connectivity index (χ3n) is 3.44. The molecule has 0 saturated carbocycles. The van der Waals surface area contributed by atoms with E-state index in [1.165, 1.54) is 0 Å². The van der Waals surface area contributed by atoms with Crippen molar-refractivity contribution in [1.82, 2.24) is 10.2 Å². The van der Waals surface area contributed by atoms with Crippen LogP contribution in [0.4, 0.5) is 5.69 Å². The number of carbonyl (C=O) groups is 1. The molecule has 0 aliphatic carbocycles. The van der Waals surface area contributed by atoms with Crippen molar-refractivity contribution in [3.05, 3.63) is 29.8 Å². The van der Waals surface area contributed by atoms with Crippen molar-refractivity contribution in [1.29, 1.82) is 0 Å². The van der Waals surface area contributed by atoms with Gasteiger partial charge in [0.05, 0.1) is 6.54 Å². The van der Waals surface area contributed by atoms with Gasteiger partial charge in [0.25, 0.3) is 0 Å². The second kappa shape index (κ2) is 7.99. The van der Waals surface area contributed by atoms with E-state index in [2.05, 4.69) is 15.5 Å². The Labute approximate surface area is 120 Å². The Morgan fingerprint density at radius 3 is 2.80 bits per heavy atom. The molecule has 110 valence electrons. The molecule has 0 spiro atoms. The maximum Gasteiger partial charge on any atom is 0.238 e. The SMILES string of the molecule is O=C(CN1CCCNCC1)Nc1ccc(CCO)cc1. The van der Waals surface area contributed by atoms with Crippen LogP contribution in [0.5, 0.6) is 0 Å². The fourth-order valence-corrected chi connectivity index (χ4v) is 2.35. The average Bonchev–Trinajstić information content (AvgIpc) is 2.70. The van der Waals surface area contributed by atoms with Crippen LogP contribution in [0.1, 0.15) is 12.0 Å². The molecular weight excluding hydrogens is 254 g/mol. The molecule has 3 N–H and O–H groups in total. The standard InChI is InChI=1S/C15H23N3O2/c19-11-6-13-2-4-14(5-3-13)17-15(20)12-18-9-1-7-16-8-10-18/h2-5,16,19H,1,6-12H2,(H,17,20). The van der Waals surface area contributed by atoms with E-state index in [1.54, 1.807) is 0 Å².